The summed E-state index contributed by atoms with van der Waals surface area (Å²) in [5.74, 6) is 2.38. The molecule has 38 heavy (non-hydrogen) atoms. The molecule has 0 saturated heterocycles. The molecule has 212 valence electrons. The van der Waals surface area contributed by atoms with Crippen molar-refractivity contribution >= 4 is 17.5 Å². The maximum absolute atomic E-state index is 13.4. The van der Waals surface area contributed by atoms with E-state index in [1.165, 1.54) is 40.0 Å². The summed E-state index contributed by atoms with van der Waals surface area (Å²) in [5.41, 5.74) is -0.533. The number of halogens is 3. The van der Waals surface area contributed by atoms with Crippen molar-refractivity contribution in [3.8, 4) is 11.6 Å². The number of alkyl halides is 3. The Morgan fingerprint density at radius 2 is 1.82 bits per heavy atom. The maximum Gasteiger partial charge on any atom is 0.394 e. The van der Waals surface area contributed by atoms with Crippen molar-refractivity contribution in [3.05, 3.63) is 35.0 Å². The lowest BCUT2D eigenvalue weighted by atomic mass is 9.83. The van der Waals surface area contributed by atoms with Crippen LogP contribution in [0.1, 0.15) is 80.9 Å². The van der Waals surface area contributed by atoms with Gasteiger partial charge in [-0.3, -0.25) is 9.36 Å². The Kier molecular flexibility index (Phi) is 11.0. The number of nitrogens with zero attached hydrogens (tertiary/aromatic N) is 3. The summed E-state index contributed by atoms with van der Waals surface area (Å²) < 4.78 is 64.0. The lowest BCUT2D eigenvalue weighted by molar-refractivity contribution is -0.211. The van der Waals surface area contributed by atoms with Crippen LogP contribution >= 0.6 is 0 Å². The minimum absolute atomic E-state index is 0.225. The quantitative estimate of drug-likeness (QED) is 0.480. The first-order chi connectivity index (χ1) is 17.8. The predicted molar refractivity (Wildman–Crippen MR) is 138 cm³/mol. The topological polar surface area (TPSA) is 103 Å². The van der Waals surface area contributed by atoms with Gasteiger partial charge in [0.15, 0.2) is 11.6 Å². The molecule has 0 aromatic carbocycles. The second-order valence-corrected chi connectivity index (χ2v) is 10.6. The first kappa shape index (κ1) is 31.5. The molecule has 8 nitrogen and oxygen atoms in total. The molecule has 2 aromatic heterocycles. The van der Waals surface area contributed by atoms with E-state index in [1.807, 2.05) is 6.92 Å². The van der Waals surface area contributed by atoms with E-state index in [-0.39, 0.29) is 12.3 Å². The lowest BCUT2D eigenvalue weighted by Crippen LogP contribution is -2.34. The van der Waals surface area contributed by atoms with E-state index in [9.17, 15) is 18.0 Å². The predicted octanol–water partition coefficient (Wildman–Crippen LogP) is 5.16. The van der Waals surface area contributed by atoms with Crippen LogP contribution in [0.3, 0.4) is 0 Å². The molecule has 1 saturated carbocycles. The van der Waals surface area contributed by atoms with E-state index in [0.717, 1.165) is 18.8 Å². The molecule has 0 atom stereocenters. The van der Waals surface area contributed by atoms with Crippen molar-refractivity contribution < 1.29 is 31.1 Å². The van der Waals surface area contributed by atoms with Crippen LogP contribution in [0.15, 0.2) is 12.3 Å². The fourth-order valence-corrected chi connectivity index (χ4v) is 4.65. The van der Waals surface area contributed by atoms with Gasteiger partial charge in [0.1, 0.15) is 11.5 Å². The third-order valence-corrected chi connectivity index (χ3v) is 7.13. The average Bonchev–Trinajstić information content (AvgIpc) is 3.19. The van der Waals surface area contributed by atoms with Gasteiger partial charge < -0.3 is 10.1 Å². The number of amides is 1. The molecule has 1 amide bonds. The third-order valence-electron chi connectivity index (χ3n) is 7.13. The number of hydrogen-bond acceptors (Lipinski definition) is 6. The summed E-state index contributed by atoms with van der Waals surface area (Å²) >= 11 is -0.750. The molecule has 2 heterocycles. The van der Waals surface area contributed by atoms with Crippen LogP contribution in [0.4, 0.5) is 13.2 Å². The van der Waals surface area contributed by atoms with Crippen molar-refractivity contribution in [3.63, 3.8) is 0 Å². The van der Waals surface area contributed by atoms with Crippen LogP contribution in [-0.2, 0) is 24.4 Å². The first-order valence-corrected chi connectivity index (χ1v) is 13.3. The molecule has 0 bridgehead atoms. The Labute approximate surface area is 225 Å². The fourth-order valence-electron chi connectivity index (χ4n) is 4.65. The summed E-state index contributed by atoms with van der Waals surface area (Å²) in [6.45, 7) is 8.96. The zero-order valence-electron chi connectivity index (χ0n) is 22.8. The van der Waals surface area contributed by atoms with Crippen molar-refractivity contribution in [2.75, 3.05) is 13.7 Å². The molecule has 0 radical (unpaired) electrons. The Morgan fingerprint density at radius 3 is 2.34 bits per heavy atom. The molecule has 12 heteroatoms. The number of pyridine rings is 1. The van der Waals surface area contributed by atoms with Crippen molar-refractivity contribution in [2.24, 2.45) is 17.3 Å². The second-order valence-electron chi connectivity index (χ2n) is 10.5. The zero-order valence-corrected chi connectivity index (χ0v) is 23.6. The Morgan fingerprint density at radius 1 is 1.21 bits per heavy atom. The third kappa shape index (κ3) is 7.64. The van der Waals surface area contributed by atoms with Crippen LogP contribution in [0.25, 0.3) is 5.82 Å². The SMILES string of the molecule is CCc1nc(C(=O)NCC2CCC(C)CC2)c(C)n1-c1ncc(CC(C)(C)C(F)(F)F)cc1OC.O=S=O. The maximum atomic E-state index is 13.4. The summed E-state index contributed by atoms with van der Waals surface area (Å²) in [6.07, 6.45) is 2.04. The van der Waals surface area contributed by atoms with Crippen LogP contribution in [-0.4, -0.2) is 48.7 Å². The molecule has 2 aromatic rings. The molecule has 1 aliphatic carbocycles. The summed E-state index contributed by atoms with van der Waals surface area (Å²) in [4.78, 5) is 22.0. The number of imidazole rings is 1. The number of hydrogen-bond donors (Lipinski definition) is 1. The number of ether oxygens (including phenoxy) is 1. The minimum atomic E-state index is -4.34. The van der Waals surface area contributed by atoms with Gasteiger partial charge in [-0.2, -0.15) is 21.6 Å². The van der Waals surface area contributed by atoms with E-state index < -0.39 is 23.2 Å². The molecule has 0 spiro atoms. The minimum Gasteiger partial charge on any atom is -0.493 e. The number of nitrogens with one attached hydrogen (secondary N) is 1. The van der Waals surface area contributed by atoms with Gasteiger partial charge in [-0.1, -0.05) is 40.5 Å². The van der Waals surface area contributed by atoms with E-state index in [4.69, 9.17) is 13.2 Å². The molecule has 1 N–H and O–H groups in total. The molecule has 1 fully saturated rings. The fraction of sp³-hybridized carbons (Fsp3) is 0.654. The molecular formula is C26H37F3N4O4S. The Bertz CT molecular complexity index is 1140. The number of aromatic nitrogens is 3. The van der Waals surface area contributed by atoms with Crippen LogP contribution in [0.5, 0.6) is 5.75 Å². The van der Waals surface area contributed by atoms with Gasteiger partial charge >= 0.3 is 17.7 Å². The van der Waals surface area contributed by atoms with Crippen molar-refractivity contribution in [1.82, 2.24) is 19.9 Å². The van der Waals surface area contributed by atoms with Crippen LogP contribution < -0.4 is 10.1 Å². The number of methoxy groups -OCH3 is 1. The highest BCUT2D eigenvalue weighted by molar-refractivity contribution is 7.51. The second kappa shape index (κ2) is 13.3. The van der Waals surface area contributed by atoms with Gasteiger partial charge in [0.25, 0.3) is 5.91 Å². The van der Waals surface area contributed by atoms with Gasteiger partial charge in [-0.25, -0.2) is 9.97 Å². The smallest absolute Gasteiger partial charge is 0.394 e. The molecular weight excluding hydrogens is 521 g/mol. The van der Waals surface area contributed by atoms with Crippen molar-refractivity contribution in [1.29, 1.82) is 0 Å². The van der Waals surface area contributed by atoms with Gasteiger partial charge in [-0.15, -0.1) is 0 Å². The van der Waals surface area contributed by atoms with Gasteiger partial charge in [-0.05, 0) is 49.7 Å². The van der Waals surface area contributed by atoms with E-state index in [2.05, 4.69) is 22.2 Å². The van der Waals surface area contributed by atoms with Gasteiger partial charge in [0.05, 0.1) is 18.2 Å². The summed E-state index contributed by atoms with van der Waals surface area (Å²) in [7, 11) is 1.45. The summed E-state index contributed by atoms with van der Waals surface area (Å²) in [5, 5.41) is 3.05. The number of carbonyl (C=O) groups excluding carboxylic acids is 1. The van der Waals surface area contributed by atoms with E-state index in [1.54, 1.807) is 17.6 Å². The Hall–Kier alpha value is -2.76. The summed E-state index contributed by atoms with van der Waals surface area (Å²) in [6, 6.07) is 1.58. The number of rotatable bonds is 8. The highest BCUT2D eigenvalue weighted by Gasteiger charge is 2.47. The Balaban J connectivity index is 0.00000161. The largest absolute Gasteiger partial charge is 0.493 e. The van der Waals surface area contributed by atoms with E-state index in [0.29, 0.717) is 53.2 Å². The molecule has 3 rings (SSSR count). The van der Waals surface area contributed by atoms with Gasteiger partial charge in [0.2, 0.25) is 0 Å². The molecule has 1 aliphatic rings. The zero-order chi connectivity index (χ0) is 28.7. The normalized spacial score (nSPS) is 17.8. The molecule has 0 aliphatic heterocycles. The van der Waals surface area contributed by atoms with Crippen LogP contribution in [0, 0.1) is 24.2 Å². The number of aryl methyl sites for hydroxylation is 1. The standard InChI is InChI=1S/C26H37F3N4O2.O2S/c1-7-21-32-22(24(34)31-14-18-10-8-16(2)9-11-18)17(3)33(21)23-20(35-6)12-19(15-30-23)13-25(4,5)26(27,28)29;1-3-2/h12,15-16,18H,7-11,13-14H2,1-6H3,(H,31,34);. The molecule has 0 unspecified atom stereocenters. The van der Waals surface area contributed by atoms with Gasteiger partial charge in [0, 0.05) is 19.2 Å². The number of carbonyl (C=O) groups is 1. The lowest BCUT2D eigenvalue weighted by Gasteiger charge is -2.27. The first-order valence-electron chi connectivity index (χ1n) is 12.7. The highest BCUT2D eigenvalue weighted by Crippen LogP contribution is 2.40. The van der Waals surface area contributed by atoms with Crippen LogP contribution in [0.2, 0.25) is 0 Å². The monoisotopic (exact) mass is 558 g/mol. The highest BCUT2D eigenvalue weighted by atomic mass is 32.1. The average molecular weight is 559 g/mol. The van der Waals surface area contributed by atoms with Crippen molar-refractivity contribution in [2.45, 2.75) is 79.3 Å². The van der Waals surface area contributed by atoms with E-state index >= 15 is 0 Å².